The average Bonchev–Trinajstić information content (AvgIpc) is 2.79. The zero-order chi connectivity index (χ0) is 12.3. The number of thiophene rings is 1. The topological polar surface area (TPSA) is 58.6 Å². The van der Waals surface area contributed by atoms with Gasteiger partial charge in [-0.15, -0.1) is 11.3 Å². The van der Waals surface area contributed by atoms with Crippen molar-refractivity contribution in [3.05, 3.63) is 35.2 Å². The highest BCUT2D eigenvalue weighted by Crippen LogP contribution is 2.29. The van der Waals surface area contributed by atoms with Gasteiger partial charge >= 0.3 is 6.09 Å². The summed E-state index contributed by atoms with van der Waals surface area (Å²) in [7, 11) is 1.29. The van der Waals surface area contributed by atoms with Crippen molar-refractivity contribution in [1.29, 1.82) is 0 Å². The lowest BCUT2D eigenvalue weighted by atomic mass is 10.1. The first kappa shape index (κ1) is 11.9. The number of nitrogens with one attached hydrogen (secondary N) is 1. The van der Waals surface area contributed by atoms with Gasteiger partial charge in [-0.05, 0) is 16.8 Å². The number of carbonyl (C=O) groups excluding carboxylic acids is 1. The van der Waals surface area contributed by atoms with Gasteiger partial charge < -0.3 is 15.2 Å². The number of hydrogen-bond donors (Lipinski definition) is 2. The Morgan fingerprint density at radius 3 is 3.06 bits per heavy atom. The van der Waals surface area contributed by atoms with Gasteiger partial charge in [0, 0.05) is 10.3 Å². The number of carbonyl (C=O) groups is 1. The summed E-state index contributed by atoms with van der Waals surface area (Å²) in [5.74, 6) is 0. The molecular weight excluding hydrogens is 238 g/mol. The summed E-state index contributed by atoms with van der Waals surface area (Å²) in [5, 5.41) is 15.4. The van der Waals surface area contributed by atoms with Crippen LogP contribution < -0.4 is 5.32 Å². The van der Waals surface area contributed by atoms with Gasteiger partial charge in [-0.2, -0.15) is 0 Å². The fourth-order valence-electron chi connectivity index (χ4n) is 1.62. The first-order chi connectivity index (χ1) is 8.22. The van der Waals surface area contributed by atoms with Crippen LogP contribution in [0.25, 0.3) is 10.1 Å². The van der Waals surface area contributed by atoms with Crippen LogP contribution in [-0.2, 0) is 4.74 Å². The van der Waals surface area contributed by atoms with E-state index < -0.39 is 12.2 Å². The third-order valence-corrected chi connectivity index (χ3v) is 3.48. The van der Waals surface area contributed by atoms with Crippen LogP contribution in [0.2, 0.25) is 0 Å². The standard InChI is InChI=1S/C12H13NO3S/c1-16-12(15)13-6-10(14)9-7-17-11-5-3-2-4-8(9)11/h2-5,7,10,14H,6H2,1H3,(H,13,15). The number of aliphatic hydroxyl groups is 1. The molecule has 0 fully saturated rings. The third-order valence-electron chi connectivity index (χ3n) is 2.50. The summed E-state index contributed by atoms with van der Waals surface area (Å²) in [6.07, 6.45) is -1.26. The highest BCUT2D eigenvalue weighted by atomic mass is 32.1. The molecule has 1 aromatic heterocycles. The zero-order valence-corrected chi connectivity index (χ0v) is 10.2. The molecule has 0 saturated heterocycles. The Morgan fingerprint density at radius 1 is 1.53 bits per heavy atom. The molecule has 1 atom stereocenters. The van der Waals surface area contributed by atoms with Crippen LogP contribution >= 0.6 is 11.3 Å². The fraction of sp³-hybridized carbons (Fsp3) is 0.250. The molecule has 0 aliphatic heterocycles. The summed E-state index contributed by atoms with van der Waals surface area (Å²) in [6, 6.07) is 7.85. The molecule has 0 aliphatic carbocycles. The molecule has 90 valence electrons. The Morgan fingerprint density at radius 2 is 2.29 bits per heavy atom. The van der Waals surface area contributed by atoms with E-state index in [0.717, 1.165) is 15.6 Å². The zero-order valence-electron chi connectivity index (χ0n) is 9.34. The first-order valence-corrected chi connectivity index (χ1v) is 6.06. The molecule has 1 aromatic carbocycles. The average molecular weight is 251 g/mol. The van der Waals surface area contributed by atoms with Crippen LogP contribution in [0, 0.1) is 0 Å². The smallest absolute Gasteiger partial charge is 0.406 e. The molecule has 1 unspecified atom stereocenters. The lowest BCUT2D eigenvalue weighted by molar-refractivity contribution is 0.148. The molecule has 1 amide bonds. The summed E-state index contributed by atoms with van der Waals surface area (Å²) >= 11 is 1.58. The van der Waals surface area contributed by atoms with E-state index in [-0.39, 0.29) is 6.54 Å². The van der Waals surface area contributed by atoms with E-state index in [0.29, 0.717) is 0 Å². The van der Waals surface area contributed by atoms with Gasteiger partial charge in [-0.3, -0.25) is 0 Å². The molecule has 2 N–H and O–H groups in total. The van der Waals surface area contributed by atoms with Crippen LogP contribution in [-0.4, -0.2) is 24.9 Å². The molecule has 17 heavy (non-hydrogen) atoms. The van der Waals surface area contributed by atoms with Crippen LogP contribution in [0.1, 0.15) is 11.7 Å². The molecule has 0 radical (unpaired) electrons. The van der Waals surface area contributed by atoms with Crippen molar-refractivity contribution < 1.29 is 14.6 Å². The van der Waals surface area contributed by atoms with Crippen LogP contribution in [0.4, 0.5) is 4.79 Å². The SMILES string of the molecule is COC(=O)NCC(O)c1csc2ccccc12. The Hall–Kier alpha value is -1.59. The van der Waals surface area contributed by atoms with Gasteiger partial charge in [-0.25, -0.2) is 4.79 Å². The number of ether oxygens (including phenoxy) is 1. The van der Waals surface area contributed by atoms with Crippen molar-refractivity contribution in [1.82, 2.24) is 5.32 Å². The molecule has 0 aliphatic rings. The number of hydrogen-bond acceptors (Lipinski definition) is 4. The number of methoxy groups -OCH3 is 1. The molecule has 0 spiro atoms. The number of benzene rings is 1. The van der Waals surface area contributed by atoms with Crippen molar-refractivity contribution in [2.75, 3.05) is 13.7 Å². The van der Waals surface area contributed by atoms with E-state index in [2.05, 4.69) is 10.1 Å². The highest BCUT2D eigenvalue weighted by molar-refractivity contribution is 7.17. The summed E-state index contributed by atoms with van der Waals surface area (Å²) in [5.41, 5.74) is 0.835. The molecule has 2 rings (SSSR count). The van der Waals surface area contributed by atoms with Crippen molar-refractivity contribution >= 4 is 27.5 Å². The molecular formula is C12H13NO3S. The Labute approximate surface area is 103 Å². The second kappa shape index (κ2) is 5.16. The van der Waals surface area contributed by atoms with Crippen molar-refractivity contribution in [3.63, 3.8) is 0 Å². The van der Waals surface area contributed by atoms with E-state index in [1.165, 1.54) is 7.11 Å². The fourth-order valence-corrected chi connectivity index (χ4v) is 2.63. The van der Waals surface area contributed by atoms with Crippen LogP contribution in [0.3, 0.4) is 0 Å². The van der Waals surface area contributed by atoms with Gasteiger partial charge in [-0.1, -0.05) is 18.2 Å². The molecule has 0 bridgehead atoms. The minimum absolute atomic E-state index is 0.146. The monoisotopic (exact) mass is 251 g/mol. The second-order valence-electron chi connectivity index (χ2n) is 3.58. The molecule has 5 heteroatoms. The molecule has 1 heterocycles. The Kier molecular flexibility index (Phi) is 3.61. The summed E-state index contributed by atoms with van der Waals surface area (Å²) in [4.78, 5) is 10.9. The Bertz CT molecular complexity index is 523. The van der Waals surface area contributed by atoms with Gasteiger partial charge in [0.2, 0.25) is 0 Å². The van der Waals surface area contributed by atoms with Gasteiger partial charge in [0.1, 0.15) is 0 Å². The van der Waals surface area contributed by atoms with E-state index in [1.807, 2.05) is 29.6 Å². The molecule has 2 aromatic rings. The largest absolute Gasteiger partial charge is 0.453 e. The summed E-state index contributed by atoms with van der Waals surface area (Å²) in [6.45, 7) is 0.146. The first-order valence-electron chi connectivity index (χ1n) is 5.18. The molecule has 4 nitrogen and oxygen atoms in total. The number of aliphatic hydroxyl groups excluding tert-OH is 1. The molecule has 0 saturated carbocycles. The predicted octanol–water partition coefficient (Wildman–Crippen LogP) is 2.29. The van der Waals surface area contributed by atoms with Crippen molar-refractivity contribution in [2.24, 2.45) is 0 Å². The van der Waals surface area contributed by atoms with E-state index in [9.17, 15) is 9.90 Å². The Balaban J connectivity index is 2.13. The predicted molar refractivity (Wildman–Crippen MR) is 67.2 cm³/mol. The maximum absolute atomic E-state index is 10.9. The van der Waals surface area contributed by atoms with Crippen molar-refractivity contribution in [2.45, 2.75) is 6.10 Å². The van der Waals surface area contributed by atoms with Crippen LogP contribution in [0.15, 0.2) is 29.6 Å². The maximum atomic E-state index is 10.9. The number of alkyl carbamates (subject to hydrolysis) is 1. The third kappa shape index (κ3) is 2.57. The normalized spacial score (nSPS) is 12.4. The lowest BCUT2D eigenvalue weighted by Crippen LogP contribution is -2.27. The summed E-state index contributed by atoms with van der Waals surface area (Å²) < 4.78 is 5.57. The lowest BCUT2D eigenvalue weighted by Gasteiger charge is -2.10. The number of fused-ring (bicyclic) bond motifs is 1. The number of amides is 1. The van der Waals surface area contributed by atoms with Gasteiger partial charge in [0.05, 0.1) is 19.8 Å². The van der Waals surface area contributed by atoms with Gasteiger partial charge in [0.15, 0.2) is 0 Å². The van der Waals surface area contributed by atoms with Gasteiger partial charge in [0.25, 0.3) is 0 Å². The maximum Gasteiger partial charge on any atom is 0.406 e. The minimum atomic E-state index is -0.717. The van der Waals surface area contributed by atoms with Crippen LogP contribution in [0.5, 0.6) is 0 Å². The second-order valence-corrected chi connectivity index (χ2v) is 4.49. The quantitative estimate of drug-likeness (QED) is 0.880. The highest BCUT2D eigenvalue weighted by Gasteiger charge is 2.13. The minimum Gasteiger partial charge on any atom is -0.453 e. The van der Waals surface area contributed by atoms with Crippen molar-refractivity contribution in [3.8, 4) is 0 Å². The number of rotatable bonds is 3. The van der Waals surface area contributed by atoms with E-state index >= 15 is 0 Å². The van der Waals surface area contributed by atoms with E-state index in [1.54, 1.807) is 11.3 Å². The van der Waals surface area contributed by atoms with E-state index in [4.69, 9.17) is 0 Å².